The first kappa shape index (κ1) is 24.3. The fourth-order valence-electron chi connectivity index (χ4n) is 6.39. The standard InChI is InChI=1S/C34H31BrN4/c1-7-38-27-14-13-22(34(4,5)6)15-25(27)29-20(3)30-24(19(2)31(29)38)17-28(21-11-9-8-10-12-21)39-32-26(37-33(30)39)16-23(35)18-36-32/h8-18H,7H2,1-6H3. The van der Waals surface area contributed by atoms with Crippen molar-refractivity contribution in [2.75, 3.05) is 0 Å². The number of aryl methyl sites for hydroxylation is 3. The van der Waals surface area contributed by atoms with Crippen LogP contribution in [-0.4, -0.2) is 18.9 Å². The molecule has 0 saturated carbocycles. The average Bonchev–Trinajstić information content (AvgIpc) is 3.46. The molecule has 4 aromatic heterocycles. The maximum atomic E-state index is 5.23. The van der Waals surface area contributed by atoms with Crippen molar-refractivity contribution in [2.24, 2.45) is 0 Å². The highest BCUT2D eigenvalue weighted by Gasteiger charge is 2.24. The van der Waals surface area contributed by atoms with E-state index in [1.165, 1.54) is 49.3 Å². The zero-order valence-electron chi connectivity index (χ0n) is 23.2. The molecular formula is C34H31BrN4. The van der Waals surface area contributed by atoms with Crippen LogP contribution in [0.1, 0.15) is 44.4 Å². The summed E-state index contributed by atoms with van der Waals surface area (Å²) in [5, 5.41) is 5.10. The van der Waals surface area contributed by atoms with E-state index < -0.39 is 0 Å². The van der Waals surface area contributed by atoms with Crippen molar-refractivity contribution in [3.63, 3.8) is 0 Å². The number of hydrogen-bond donors (Lipinski definition) is 0. The average molecular weight is 576 g/mol. The molecule has 7 rings (SSSR count). The predicted octanol–water partition coefficient (Wildman–Crippen LogP) is 9.51. The Labute approximate surface area is 236 Å². The van der Waals surface area contributed by atoms with Gasteiger partial charge in [0.25, 0.3) is 0 Å². The molecule has 7 aromatic rings. The second-order valence-corrected chi connectivity index (χ2v) is 12.6. The van der Waals surface area contributed by atoms with E-state index in [1.807, 2.05) is 6.20 Å². The van der Waals surface area contributed by atoms with Crippen LogP contribution in [0.2, 0.25) is 0 Å². The molecule has 0 aliphatic rings. The molecule has 4 nitrogen and oxygen atoms in total. The molecule has 0 fully saturated rings. The van der Waals surface area contributed by atoms with Gasteiger partial charge in [0.05, 0.1) is 11.2 Å². The fraction of sp³-hybridized carbons (Fsp3) is 0.235. The summed E-state index contributed by atoms with van der Waals surface area (Å²) in [6.45, 7) is 14.6. The molecule has 0 radical (unpaired) electrons. The summed E-state index contributed by atoms with van der Waals surface area (Å²) in [7, 11) is 0. The molecule has 5 heteroatoms. The minimum Gasteiger partial charge on any atom is -0.341 e. The molecule has 3 aromatic carbocycles. The summed E-state index contributed by atoms with van der Waals surface area (Å²) in [4.78, 5) is 10.1. The predicted molar refractivity (Wildman–Crippen MR) is 168 cm³/mol. The third-order valence-electron chi connectivity index (χ3n) is 8.30. The van der Waals surface area contributed by atoms with E-state index in [4.69, 9.17) is 9.97 Å². The number of hydrogen-bond acceptors (Lipinski definition) is 2. The number of rotatable bonds is 2. The summed E-state index contributed by atoms with van der Waals surface area (Å²) in [5.41, 5.74) is 11.6. The molecule has 0 unspecified atom stereocenters. The second-order valence-electron chi connectivity index (χ2n) is 11.7. The number of aromatic nitrogens is 4. The Morgan fingerprint density at radius 2 is 1.62 bits per heavy atom. The highest BCUT2D eigenvalue weighted by Crippen LogP contribution is 2.43. The Hall–Kier alpha value is -3.70. The second kappa shape index (κ2) is 8.40. The van der Waals surface area contributed by atoms with Crippen molar-refractivity contribution in [3.8, 4) is 11.3 Å². The van der Waals surface area contributed by atoms with Crippen molar-refractivity contribution in [1.29, 1.82) is 0 Å². The Balaban J connectivity index is 1.75. The Kier molecular flexibility index (Phi) is 5.24. The van der Waals surface area contributed by atoms with E-state index in [2.05, 4.69) is 127 Å². The summed E-state index contributed by atoms with van der Waals surface area (Å²) >= 11 is 3.61. The van der Waals surface area contributed by atoms with E-state index in [1.54, 1.807) is 0 Å². The first-order valence-electron chi connectivity index (χ1n) is 13.6. The zero-order valence-corrected chi connectivity index (χ0v) is 24.8. The lowest BCUT2D eigenvalue weighted by atomic mass is 9.86. The van der Waals surface area contributed by atoms with Crippen molar-refractivity contribution in [1.82, 2.24) is 18.9 Å². The van der Waals surface area contributed by atoms with Crippen LogP contribution in [0.25, 0.3) is 60.6 Å². The molecule has 0 N–H and O–H groups in total. The van der Waals surface area contributed by atoms with Crippen molar-refractivity contribution < 1.29 is 0 Å². The van der Waals surface area contributed by atoms with E-state index >= 15 is 0 Å². The van der Waals surface area contributed by atoms with E-state index in [0.29, 0.717) is 0 Å². The molecule has 39 heavy (non-hydrogen) atoms. The molecular weight excluding hydrogens is 544 g/mol. The number of benzene rings is 3. The van der Waals surface area contributed by atoms with Gasteiger partial charge in [-0.2, -0.15) is 0 Å². The molecule has 0 atom stereocenters. The highest BCUT2D eigenvalue weighted by molar-refractivity contribution is 9.10. The van der Waals surface area contributed by atoms with Crippen LogP contribution < -0.4 is 0 Å². The molecule has 194 valence electrons. The highest BCUT2D eigenvalue weighted by atomic mass is 79.9. The molecule has 0 aliphatic heterocycles. The van der Waals surface area contributed by atoms with Crippen LogP contribution in [0.5, 0.6) is 0 Å². The molecule has 0 bridgehead atoms. The van der Waals surface area contributed by atoms with Gasteiger partial charge in [0.1, 0.15) is 11.2 Å². The van der Waals surface area contributed by atoms with Gasteiger partial charge in [-0.15, -0.1) is 0 Å². The van der Waals surface area contributed by atoms with Crippen molar-refractivity contribution in [2.45, 2.75) is 53.5 Å². The largest absolute Gasteiger partial charge is 0.341 e. The van der Waals surface area contributed by atoms with Crippen molar-refractivity contribution in [3.05, 3.63) is 88.0 Å². The van der Waals surface area contributed by atoms with Gasteiger partial charge < -0.3 is 4.57 Å². The monoisotopic (exact) mass is 574 g/mol. The minimum absolute atomic E-state index is 0.0757. The topological polar surface area (TPSA) is 35.1 Å². The van der Waals surface area contributed by atoms with Gasteiger partial charge >= 0.3 is 0 Å². The van der Waals surface area contributed by atoms with Gasteiger partial charge in [-0.3, -0.25) is 4.40 Å². The number of fused-ring (bicyclic) bond motifs is 8. The van der Waals surface area contributed by atoms with Gasteiger partial charge in [-0.1, -0.05) is 57.2 Å². The zero-order chi connectivity index (χ0) is 27.2. The summed E-state index contributed by atoms with van der Waals surface area (Å²) in [6, 6.07) is 22.0. The van der Waals surface area contributed by atoms with Gasteiger partial charge in [-0.25, -0.2) is 9.97 Å². The summed E-state index contributed by atoms with van der Waals surface area (Å²) in [6.07, 6.45) is 1.86. The fourth-order valence-corrected chi connectivity index (χ4v) is 6.71. The van der Waals surface area contributed by atoms with Crippen LogP contribution in [0.4, 0.5) is 0 Å². The van der Waals surface area contributed by atoms with Crippen LogP contribution in [0, 0.1) is 13.8 Å². The van der Waals surface area contributed by atoms with Crippen LogP contribution in [0.15, 0.2) is 71.3 Å². The quantitative estimate of drug-likeness (QED) is 0.206. The first-order chi connectivity index (χ1) is 18.7. The molecule has 0 amide bonds. The maximum absolute atomic E-state index is 5.23. The third-order valence-corrected chi connectivity index (χ3v) is 8.74. The first-order valence-corrected chi connectivity index (χ1v) is 14.4. The molecule has 0 aliphatic carbocycles. The van der Waals surface area contributed by atoms with Gasteiger partial charge in [0.15, 0.2) is 5.65 Å². The van der Waals surface area contributed by atoms with Crippen molar-refractivity contribution >= 4 is 65.3 Å². The lowest BCUT2D eigenvalue weighted by Crippen LogP contribution is -2.10. The Morgan fingerprint density at radius 1 is 0.846 bits per heavy atom. The van der Waals surface area contributed by atoms with Crippen LogP contribution in [0.3, 0.4) is 0 Å². The van der Waals surface area contributed by atoms with Gasteiger partial charge in [0, 0.05) is 38.9 Å². The van der Waals surface area contributed by atoms with Crippen LogP contribution >= 0.6 is 15.9 Å². The lowest BCUT2D eigenvalue weighted by Gasteiger charge is -2.19. The smallest absolute Gasteiger partial charge is 0.165 e. The number of nitrogens with zero attached hydrogens (tertiary/aromatic N) is 4. The van der Waals surface area contributed by atoms with Crippen LogP contribution in [-0.2, 0) is 12.0 Å². The maximum Gasteiger partial charge on any atom is 0.165 e. The number of pyridine rings is 2. The molecule has 0 spiro atoms. The van der Waals surface area contributed by atoms with E-state index in [0.717, 1.165) is 39.1 Å². The van der Waals surface area contributed by atoms with E-state index in [-0.39, 0.29) is 5.41 Å². The van der Waals surface area contributed by atoms with Gasteiger partial charge in [0.2, 0.25) is 0 Å². The minimum atomic E-state index is 0.0757. The Morgan fingerprint density at radius 3 is 2.33 bits per heavy atom. The normalized spacial score (nSPS) is 12.6. The molecule has 0 saturated heterocycles. The SMILES string of the molecule is CCn1c2ccc(C(C)(C)C)cc2c2c(C)c3c(cc(-c4ccccc4)n4c5ncc(Br)cc5nc34)c(C)c21. The third kappa shape index (κ3) is 3.42. The van der Waals surface area contributed by atoms with E-state index in [9.17, 15) is 0 Å². The number of imidazole rings is 1. The summed E-state index contributed by atoms with van der Waals surface area (Å²) in [5.74, 6) is 0. The Bertz CT molecular complexity index is 2110. The number of halogens is 1. The molecule has 4 heterocycles. The lowest BCUT2D eigenvalue weighted by molar-refractivity contribution is 0.591. The summed E-state index contributed by atoms with van der Waals surface area (Å²) < 4.78 is 5.67. The van der Waals surface area contributed by atoms with Gasteiger partial charge in [-0.05, 0) is 94.0 Å².